The first kappa shape index (κ1) is 13.2. The Kier molecular flexibility index (Phi) is 4.22. The minimum Gasteiger partial charge on any atom is -0.358 e. The summed E-state index contributed by atoms with van der Waals surface area (Å²) in [5.74, 6) is 6.10. The van der Waals surface area contributed by atoms with Gasteiger partial charge >= 0.3 is 0 Å². The lowest BCUT2D eigenvalue weighted by molar-refractivity contribution is -0.129. The van der Waals surface area contributed by atoms with Gasteiger partial charge in [-0.1, -0.05) is 0 Å². The van der Waals surface area contributed by atoms with Crippen molar-refractivity contribution in [3.63, 3.8) is 0 Å². The first-order valence-corrected chi connectivity index (χ1v) is 5.24. The van der Waals surface area contributed by atoms with Gasteiger partial charge in [0.2, 0.25) is 11.9 Å². The van der Waals surface area contributed by atoms with Crippen LogP contribution in [0.4, 0.5) is 11.8 Å². The van der Waals surface area contributed by atoms with Crippen molar-refractivity contribution in [3.8, 4) is 0 Å². The van der Waals surface area contributed by atoms with Crippen LogP contribution in [0.1, 0.15) is 12.6 Å². The third-order valence-electron chi connectivity index (χ3n) is 2.16. The van der Waals surface area contributed by atoms with Gasteiger partial charge in [0.25, 0.3) is 0 Å². The predicted octanol–water partition coefficient (Wildman–Crippen LogP) is -0.0408. The van der Waals surface area contributed by atoms with E-state index in [-0.39, 0.29) is 11.9 Å². The van der Waals surface area contributed by atoms with Crippen molar-refractivity contribution in [1.29, 1.82) is 0 Å². The molecule has 0 aliphatic carbocycles. The molecule has 0 fully saturated rings. The summed E-state index contributed by atoms with van der Waals surface area (Å²) >= 11 is 0. The maximum Gasteiger partial charge on any atom is 0.244 e. The quantitative estimate of drug-likeness (QED) is 0.503. The Morgan fingerprint density at radius 1 is 1.47 bits per heavy atom. The van der Waals surface area contributed by atoms with Crippen LogP contribution >= 0.6 is 0 Å². The molecule has 1 unspecified atom stereocenters. The molecule has 1 aromatic heterocycles. The molecule has 0 bridgehead atoms. The van der Waals surface area contributed by atoms with E-state index in [0.717, 1.165) is 5.69 Å². The molecular weight excluding hydrogens is 220 g/mol. The van der Waals surface area contributed by atoms with Crippen molar-refractivity contribution < 1.29 is 4.79 Å². The zero-order valence-corrected chi connectivity index (χ0v) is 10.5. The van der Waals surface area contributed by atoms with Crippen LogP contribution in [-0.2, 0) is 4.79 Å². The summed E-state index contributed by atoms with van der Waals surface area (Å²) in [7, 11) is 3.41. The number of likely N-dealkylation sites (N-methyl/N-ethyl adjacent to an activating group) is 1. The highest BCUT2D eigenvalue weighted by Gasteiger charge is 2.15. The fourth-order valence-electron chi connectivity index (χ4n) is 1.38. The van der Waals surface area contributed by atoms with E-state index in [1.165, 1.54) is 4.90 Å². The van der Waals surface area contributed by atoms with Crippen molar-refractivity contribution >= 4 is 17.7 Å². The minimum atomic E-state index is -0.357. The van der Waals surface area contributed by atoms with Crippen molar-refractivity contribution in [2.75, 3.05) is 24.8 Å². The highest BCUT2D eigenvalue weighted by molar-refractivity contribution is 5.83. The molecule has 1 aromatic rings. The number of nitrogens with two attached hydrogens (primary N) is 1. The molecule has 17 heavy (non-hydrogen) atoms. The summed E-state index contributed by atoms with van der Waals surface area (Å²) in [5, 5.41) is 3.00. The van der Waals surface area contributed by atoms with Gasteiger partial charge in [0.15, 0.2) is 0 Å². The normalized spacial score (nSPS) is 11.8. The average Bonchev–Trinajstić information content (AvgIpc) is 2.26. The standard InChI is InChI=1S/C10H18N6O/c1-6-5-8(14-10(12-6)15-11)13-7(2)9(17)16(3)4/h5,7H,11H2,1-4H3,(H2,12,13,14,15). The number of carbonyl (C=O) groups excluding carboxylic acids is 1. The molecule has 0 aliphatic heterocycles. The summed E-state index contributed by atoms with van der Waals surface area (Å²) in [5.41, 5.74) is 3.14. The van der Waals surface area contributed by atoms with Crippen LogP contribution in [0.5, 0.6) is 0 Å². The van der Waals surface area contributed by atoms with Gasteiger partial charge in [0.1, 0.15) is 11.9 Å². The summed E-state index contributed by atoms with van der Waals surface area (Å²) in [6.07, 6.45) is 0. The predicted molar refractivity (Wildman–Crippen MR) is 66.4 cm³/mol. The number of nitrogen functional groups attached to an aromatic ring is 1. The molecule has 1 amide bonds. The Balaban J connectivity index is 2.81. The summed E-state index contributed by atoms with van der Waals surface area (Å²) in [6, 6.07) is 1.39. The van der Waals surface area contributed by atoms with Gasteiger partial charge in [-0.15, -0.1) is 0 Å². The largest absolute Gasteiger partial charge is 0.358 e. The SMILES string of the molecule is Cc1cc(NC(C)C(=O)N(C)C)nc(NN)n1. The molecule has 1 rings (SSSR count). The molecule has 0 saturated heterocycles. The number of rotatable bonds is 4. The Labute approximate surface area is 100 Å². The van der Waals surface area contributed by atoms with Crippen molar-refractivity contribution in [2.45, 2.75) is 19.9 Å². The lowest BCUT2D eigenvalue weighted by atomic mass is 10.3. The maximum atomic E-state index is 11.7. The molecule has 4 N–H and O–H groups in total. The highest BCUT2D eigenvalue weighted by atomic mass is 16.2. The fraction of sp³-hybridized carbons (Fsp3) is 0.500. The summed E-state index contributed by atoms with van der Waals surface area (Å²) in [4.78, 5) is 21.3. The number of hydrazine groups is 1. The van der Waals surface area contributed by atoms with Crippen molar-refractivity contribution in [3.05, 3.63) is 11.8 Å². The number of carbonyl (C=O) groups is 1. The molecule has 0 radical (unpaired) electrons. The van der Waals surface area contributed by atoms with E-state index < -0.39 is 0 Å². The van der Waals surface area contributed by atoms with Crippen LogP contribution < -0.4 is 16.6 Å². The van der Waals surface area contributed by atoms with Crippen LogP contribution in [0.2, 0.25) is 0 Å². The Bertz CT molecular complexity index is 406. The molecule has 94 valence electrons. The monoisotopic (exact) mass is 238 g/mol. The van der Waals surface area contributed by atoms with Gasteiger partial charge in [0.05, 0.1) is 0 Å². The van der Waals surface area contributed by atoms with E-state index in [4.69, 9.17) is 5.84 Å². The van der Waals surface area contributed by atoms with E-state index in [9.17, 15) is 4.79 Å². The third-order valence-corrected chi connectivity index (χ3v) is 2.16. The Morgan fingerprint density at radius 3 is 2.65 bits per heavy atom. The van der Waals surface area contributed by atoms with Crippen LogP contribution in [0, 0.1) is 6.92 Å². The van der Waals surface area contributed by atoms with Crippen molar-refractivity contribution in [2.24, 2.45) is 5.84 Å². The molecule has 0 spiro atoms. The second-order valence-corrected chi connectivity index (χ2v) is 3.96. The molecule has 0 aromatic carbocycles. The Morgan fingerprint density at radius 2 is 2.12 bits per heavy atom. The molecule has 7 nitrogen and oxygen atoms in total. The van der Waals surface area contributed by atoms with Gasteiger partial charge < -0.3 is 10.2 Å². The second kappa shape index (κ2) is 5.44. The molecule has 1 heterocycles. The van der Waals surface area contributed by atoms with Gasteiger partial charge in [-0.3, -0.25) is 10.2 Å². The lowest BCUT2D eigenvalue weighted by Crippen LogP contribution is -2.36. The first-order chi connectivity index (χ1) is 7.93. The first-order valence-electron chi connectivity index (χ1n) is 5.24. The van der Waals surface area contributed by atoms with Gasteiger partial charge in [-0.05, 0) is 13.8 Å². The second-order valence-electron chi connectivity index (χ2n) is 3.96. The van der Waals surface area contributed by atoms with E-state index in [1.807, 2.05) is 6.92 Å². The molecular formula is C10H18N6O. The molecule has 0 saturated carbocycles. The number of anilines is 2. The average molecular weight is 238 g/mol. The third kappa shape index (κ3) is 3.56. The van der Waals surface area contributed by atoms with Gasteiger partial charge in [-0.2, -0.15) is 4.98 Å². The van der Waals surface area contributed by atoms with E-state index >= 15 is 0 Å². The number of nitrogens with one attached hydrogen (secondary N) is 2. The fourth-order valence-corrected chi connectivity index (χ4v) is 1.38. The van der Waals surface area contributed by atoms with Crippen LogP contribution in [0.25, 0.3) is 0 Å². The van der Waals surface area contributed by atoms with Crippen LogP contribution in [0.15, 0.2) is 6.07 Å². The number of amides is 1. The minimum absolute atomic E-state index is 0.0245. The highest BCUT2D eigenvalue weighted by Crippen LogP contribution is 2.10. The molecule has 1 atom stereocenters. The maximum absolute atomic E-state index is 11.7. The topological polar surface area (TPSA) is 96.2 Å². The number of aromatic nitrogens is 2. The Hall–Kier alpha value is -1.89. The zero-order valence-electron chi connectivity index (χ0n) is 10.5. The summed E-state index contributed by atoms with van der Waals surface area (Å²) in [6.45, 7) is 3.60. The molecule has 0 aliphatic rings. The van der Waals surface area contributed by atoms with Crippen LogP contribution in [-0.4, -0.2) is 40.9 Å². The smallest absolute Gasteiger partial charge is 0.244 e. The molecule has 7 heteroatoms. The number of hydrogen-bond donors (Lipinski definition) is 3. The zero-order chi connectivity index (χ0) is 13.0. The van der Waals surface area contributed by atoms with E-state index in [2.05, 4.69) is 20.7 Å². The lowest BCUT2D eigenvalue weighted by Gasteiger charge is -2.18. The number of nitrogens with zero attached hydrogens (tertiary/aromatic N) is 3. The van der Waals surface area contributed by atoms with E-state index in [0.29, 0.717) is 11.8 Å². The van der Waals surface area contributed by atoms with E-state index in [1.54, 1.807) is 27.1 Å². The number of aryl methyl sites for hydroxylation is 1. The van der Waals surface area contributed by atoms with Gasteiger partial charge in [-0.25, -0.2) is 10.8 Å². The van der Waals surface area contributed by atoms with Crippen molar-refractivity contribution in [1.82, 2.24) is 14.9 Å². The number of hydrogen-bond acceptors (Lipinski definition) is 6. The van der Waals surface area contributed by atoms with Gasteiger partial charge in [0, 0.05) is 25.9 Å². The summed E-state index contributed by atoms with van der Waals surface area (Å²) < 4.78 is 0. The van der Waals surface area contributed by atoms with Crippen LogP contribution in [0.3, 0.4) is 0 Å².